The number of anilines is 2. The van der Waals surface area contributed by atoms with Gasteiger partial charge in [-0.1, -0.05) is 64.5 Å². The van der Waals surface area contributed by atoms with Gasteiger partial charge in [0.25, 0.3) is 0 Å². The summed E-state index contributed by atoms with van der Waals surface area (Å²) in [5, 5.41) is 0. The summed E-state index contributed by atoms with van der Waals surface area (Å²) in [7, 11) is 2.62. The Morgan fingerprint density at radius 2 is 1.33 bits per heavy atom. The molecule has 0 saturated carbocycles. The average molecular weight is 507 g/mol. The Bertz CT molecular complexity index is 1160. The van der Waals surface area contributed by atoms with Gasteiger partial charge in [-0.15, -0.1) is 0 Å². The topological polar surface area (TPSA) is 59.1 Å². The van der Waals surface area contributed by atoms with E-state index in [1.807, 2.05) is 89.8 Å². The number of esters is 2. The number of para-hydroxylation sites is 2. The fourth-order valence-corrected chi connectivity index (χ4v) is 4.28. The number of carbonyl (C=O) groups is 2. The average Bonchev–Trinajstić information content (AvgIpc) is 2.88. The van der Waals surface area contributed by atoms with E-state index in [0.717, 1.165) is 21.4 Å². The maximum Gasteiger partial charge on any atom is 0.355 e. The molecular weight excluding hydrogens is 484 g/mol. The lowest BCUT2D eigenvalue weighted by molar-refractivity contribution is -0.139. The van der Waals surface area contributed by atoms with E-state index in [1.54, 1.807) is 0 Å². The number of hydrogen-bond acceptors (Lipinski definition) is 6. The monoisotopic (exact) mass is 506 g/mol. The normalized spacial score (nSPS) is 15.9. The first kappa shape index (κ1) is 22.6. The molecule has 0 amide bonds. The molecule has 1 aliphatic heterocycles. The summed E-state index contributed by atoms with van der Waals surface area (Å²) in [6, 6.07) is 27.2. The van der Waals surface area contributed by atoms with Crippen molar-refractivity contribution in [3.8, 4) is 0 Å². The molecule has 3 aromatic carbocycles. The fraction of sp³-hybridized carbons (Fsp3) is 0.154. The molecule has 0 aromatic heterocycles. The Kier molecular flexibility index (Phi) is 6.79. The molecule has 0 radical (unpaired) electrons. The van der Waals surface area contributed by atoms with E-state index in [2.05, 4.69) is 20.8 Å². The first-order valence-electron chi connectivity index (χ1n) is 10.4. The molecule has 1 aliphatic rings. The van der Waals surface area contributed by atoms with Crippen LogP contribution in [0.15, 0.2) is 101 Å². The van der Waals surface area contributed by atoms with Crippen LogP contribution in [-0.4, -0.2) is 32.7 Å². The third-order valence-electron chi connectivity index (χ3n) is 5.50. The molecule has 0 aliphatic carbocycles. The SMILES string of the molecule is COC(=O)C1=C(C(=O)OC)N(c2ccccc2)C(c2ccc(Br)cc2)N(c2ccccc2)C1. The number of nitrogens with zero attached hydrogens (tertiary/aromatic N) is 2. The van der Waals surface area contributed by atoms with Crippen molar-refractivity contribution in [2.45, 2.75) is 6.17 Å². The molecule has 33 heavy (non-hydrogen) atoms. The van der Waals surface area contributed by atoms with E-state index in [0.29, 0.717) is 0 Å². The van der Waals surface area contributed by atoms with Gasteiger partial charge < -0.3 is 19.3 Å². The number of ether oxygens (including phenoxy) is 2. The van der Waals surface area contributed by atoms with Gasteiger partial charge in [-0.2, -0.15) is 0 Å². The third-order valence-corrected chi connectivity index (χ3v) is 6.02. The second-order valence-electron chi connectivity index (χ2n) is 7.40. The van der Waals surface area contributed by atoms with E-state index < -0.39 is 18.1 Å². The number of methoxy groups -OCH3 is 2. The molecule has 1 atom stereocenters. The van der Waals surface area contributed by atoms with Crippen LogP contribution in [0.5, 0.6) is 0 Å². The summed E-state index contributed by atoms with van der Waals surface area (Å²) in [6.07, 6.45) is -0.426. The molecule has 1 unspecified atom stereocenters. The van der Waals surface area contributed by atoms with Crippen LogP contribution in [0.1, 0.15) is 11.7 Å². The number of benzene rings is 3. The number of hydrogen-bond donors (Lipinski definition) is 0. The molecule has 168 valence electrons. The second kappa shape index (κ2) is 9.92. The van der Waals surface area contributed by atoms with E-state index in [4.69, 9.17) is 9.47 Å². The van der Waals surface area contributed by atoms with Crippen LogP contribution in [0, 0.1) is 0 Å². The number of rotatable bonds is 5. The maximum absolute atomic E-state index is 13.1. The molecule has 7 heteroatoms. The second-order valence-corrected chi connectivity index (χ2v) is 8.32. The summed E-state index contributed by atoms with van der Waals surface area (Å²) in [4.78, 5) is 29.9. The smallest absolute Gasteiger partial charge is 0.355 e. The minimum atomic E-state index is -0.603. The Morgan fingerprint density at radius 1 is 0.788 bits per heavy atom. The predicted molar refractivity (Wildman–Crippen MR) is 131 cm³/mol. The lowest BCUT2D eigenvalue weighted by Gasteiger charge is -2.47. The summed E-state index contributed by atoms with van der Waals surface area (Å²) in [5.41, 5.74) is 2.97. The summed E-state index contributed by atoms with van der Waals surface area (Å²) in [5.74, 6) is -1.18. The van der Waals surface area contributed by atoms with Gasteiger partial charge >= 0.3 is 11.9 Å². The summed E-state index contributed by atoms with van der Waals surface area (Å²) >= 11 is 3.50. The molecule has 0 saturated heterocycles. The zero-order valence-electron chi connectivity index (χ0n) is 18.3. The van der Waals surface area contributed by atoms with Crippen LogP contribution in [-0.2, 0) is 19.1 Å². The van der Waals surface area contributed by atoms with Gasteiger partial charge in [-0.05, 0) is 42.0 Å². The highest BCUT2D eigenvalue weighted by atomic mass is 79.9. The Morgan fingerprint density at radius 3 is 1.88 bits per heavy atom. The van der Waals surface area contributed by atoms with Gasteiger partial charge in [0.2, 0.25) is 0 Å². The van der Waals surface area contributed by atoms with Crippen molar-refractivity contribution in [2.24, 2.45) is 0 Å². The minimum absolute atomic E-state index is 0.163. The fourth-order valence-electron chi connectivity index (χ4n) is 4.02. The zero-order chi connectivity index (χ0) is 23.4. The van der Waals surface area contributed by atoms with Gasteiger partial charge in [0.05, 0.1) is 26.3 Å². The summed E-state index contributed by atoms with van der Waals surface area (Å²) in [6.45, 7) is 0.172. The molecule has 6 nitrogen and oxygen atoms in total. The van der Waals surface area contributed by atoms with Crippen molar-refractivity contribution in [1.29, 1.82) is 0 Å². The highest BCUT2D eigenvalue weighted by Crippen LogP contribution is 2.42. The molecule has 0 fully saturated rings. The zero-order valence-corrected chi connectivity index (χ0v) is 19.9. The highest BCUT2D eigenvalue weighted by Gasteiger charge is 2.42. The van der Waals surface area contributed by atoms with Crippen molar-refractivity contribution in [1.82, 2.24) is 0 Å². The van der Waals surface area contributed by atoms with Crippen molar-refractivity contribution < 1.29 is 19.1 Å². The first-order valence-corrected chi connectivity index (χ1v) is 11.2. The van der Waals surface area contributed by atoms with Crippen LogP contribution < -0.4 is 9.80 Å². The van der Waals surface area contributed by atoms with E-state index >= 15 is 0 Å². The molecule has 0 spiro atoms. The standard InChI is InChI=1S/C26H23BrN2O4/c1-32-25(30)22-17-28(20-9-5-3-6-10-20)24(18-13-15-19(27)16-14-18)29(23(22)26(31)33-2)21-11-7-4-8-12-21/h3-16,24H,17H2,1-2H3. The van der Waals surface area contributed by atoms with Crippen molar-refractivity contribution in [3.05, 3.63) is 106 Å². The molecule has 0 bridgehead atoms. The largest absolute Gasteiger partial charge is 0.466 e. The van der Waals surface area contributed by atoms with E-state index in [9.17, 15) is 9.59 Å². The van der Waals surface area contributed by atoms with E-state index in [-0.39, 0.29) is 17.8 Å². The minimum Gasteiger partial charge on any atom is -0.466 e. The van der Waals surface area contributed by atoms with Crippen molar-refractivity contribution >= 4 is 39.2 Å². The van der Waals surface area contributed by atoms with Crippen LogP contribution >= 0.6 is 15.9 Å². The van der Waals surface area contributed by atoms with Gasteiger partial charge in [0.15, 0.2) is 0 Å². The molecular formula is C26H23BrN2O4. The van der Waals surface area contributed by atoms with Gasteiger partial charge in [0.1, 0.15) is 11.9 Å². The Balaban J connectivity index is 2.03. The van der Waals surface area contributed by atoms with E-state index in [1.165, 1.54) is 14.2 Å². The van der Waals surface area contributed by atoms with Gasteiger partial charge in [0, 0.05) is 15.8 Å². The molecule has 1 heterocycles. The number of carbonyl (C=O) groups excluding carboxylic acids is 2. The van der Waals surface area contributed by atoms with Crippen molar-refractivity contribution in [2.75, 3.05) is 30.6 Å². The van der Waals surface area contributed by atoms with Crippen LogP contribution in [0.4, 0.5) is 11.4 Å². The predicted octanol–water partition coefficient (Wildman–Crippen LogP) is 5.07. The highest BCUT2D eigenvalue weighted by molar-refractivity contribution is 9.10. The van der Waals surface area contributed by atoms with Crippen molar-refractivity contribution in [3.63, 3.8) is 0 Å². The maximum atomic E-state index is 13.1. The lowest BCUT2D eigenvalue weighted by atomic mass is 9.99. The Hall–Kier alpha value is -3.58. The van der Waals surface area contributed by atoms with Crippen LogP contribution in [0.2, 0.25) is 0 Å². The Labute approximate surface area is 201 Å². The first-order chi connectivity index (χ1) is 16.0. The third kappa shape index (κ3) is 4.50. The van der Waals surface area contributed by atoms with Gasteiger partial charge in [-0.25, -0.2) is 9.59 Å². The van der Waals surface area contributed by atoms with Crippen LogP contribution in [0.25, 0.3) is 0 Å². The molecule has 4 rings (SSSR count). The lowest BCUT2D eigenvalue weighted by Crippen LogP contribution is -2.50. The molecule has 3 aromatic rings. The number of halogens is 1. The van der Waals surface area contributed by atoms with Crippen LogP contribution in [0.3, 0.4) is 0 Å². The molecule has 0 N–H and O–H groups in total. The quantitative estimate of drug-likeness (QED) is 0.450. The van der Waals surface area contributed by atoms with Gasteiger partial charge in [-0.3, -0.25) is 0 Å². The summed E-state index contributed by atoms with van der Waals surface area (Å²) < 4.78 is 11.2.